The number of fused-ring (bicyclic) bond motifs is 1. The highest BCUT2D eigenvalue weighted by Crippen LogP contribution is 2.31. The lowest BCUT2D eigenvalue weighted by Gasteiger charge is -2.02. The van der Waals surface area contributed by atoms with Crippen molar-refractivity contribution in [2.75, 3.05) is 7.11 Å². The van der Waals surface area contributed by atoms with Gasteiger partial charge >= 0.3 is 5.97 Å². The van der Waals surface area contributed by atoms with Crippen molar-refractivity contribution in [2.24, 2.45) is 0 Å². The molecular formula is C14H11ClN2O3S. The van der Waals surface area contributed by atoms with Gasteiger partial charge in [-0.15, -0.1) is 11.3 Å². The molecule has 0 atom stereocenters. The largest absolute Gasteiger partial charge is 0.477 e. The average Bonchev–Trinajstić information content (AvgIpc) is 3.01. The smallest absolute Gasteiger partial charge is 0.345 e. The lowest BCUT2D eigenvalue weighted by Crippen LogP contribution is -1.98. The second-order valence-corrected chi connectivity index (χ2v) is 5.87. The molecule has 1 aromatic carbocycles. The maximum Gasteiger partial charge on any atom is 0.345 e. The van der Waals surface area contributed by atoms with Crippen molar-refractivity contribution >= 4 is 39.1 Å². The molecule has 0 saturated heterocycles. The quantitative estimate of drug-likeness (QED) is 0.797. The molecule has 2 aromatic heterocycles. The van der Waals surface area contributed by atoms with Crippen LogP contribution in [0.2, 0.25) is 5.02 Å². The Kier molecular flexibility index (Phi) is 3.67. The number of methoxy groups -OCH3 is 1. The molecule has 0 aliphatic heterocycles. The van der Waals surface area contributed by atoms with Crippen molar-refractivity contribution in [1.29, 1.82) is 0 Å². The van der Waals surface area contributed by atoms with E-state index in [0.717, 1.165) is 15.9 Å². The van der Waals surface area contributed by atoms with Crippen LogP contribution in [0.3, 0.4) is 0 Å². The molecule has 0 fully saturated rings. The first-order valence-electron chi connectivity index (χ1n) is 6.09. The Morgan fingerprint density at radius 1 is 1.43 bits per heavy atom. The Balaban J connectivity index is 2.21. The standard InChI is InChI=1S/C14H11ClN2O3S/c1-20-7-11-10-6-12(14(18)19)21-13(10)17(16-11)9-4-2-8(15)3-5-9/h2-6H,7H2,1H3,(H,18,19). The van der Waals surface area contributed by atoms with E-state index in [-0.39, 0.29) is 4.88 Å². The number of hydrogen-bond acceptors (Lipinski definition) is 4. The summed E-state index contributed by atoms with van der Waals surface area (Å²) in [6.45, 7) is 0.326. The van der Waals surface area contributed by atoms with Gasteiger partial charge in [0.05, 0.1) is 18.0 Å². The molecule has 3 aromatic rings. The molecule has 0 radical (unpaired) electrons. The minimum absolute atomic E-state index is 0.280. The van der Waals surface area contributed by atoms with Gasteiger partial charge in [-0.25, -0.2) is 9.48 Å². The highest BCUT2D eigenvalue weighted by Gasteiger charge is 2.18. The van der Waals surface area contributed by atoms with Gasteiger partial charge in [-0.1, -0.05) is 11.6 Å². The number of ether oxygens (including phenoxy) is 1. The molecule has 7 heteroatoms. The van der Waals surface area contributed by atoms with Crippen LogP contribution in [0.1, 0.15) is 15.4 Å². The number of nitrogens with zero attached hydrogens (tertiary/aromatic N) is 2. The van der Waals surface area contributed by atoms with Crippen LogP contribution in [0.25, 0.3) is 15.9 Å². The SMILES string of the molecule is COCc1nn(-c2ccc(Cl)cc2)c2sc(C(=O)O)cc12. The van der Waals surface area contributed by atoms with Gasteiger partial charge < -0.3 is 9.84 Å². The fourth-order valence-corrected chi connectivity index (χ4v) is 3.19. The van der Waals surface area contributed by atoms with E-state index in [2.05, 4.69) is 5.10 Å². The number of hydrogen-bond donors (Lipinski definition) is 1. The first-order valence-corrected chi connectivity index (χ1v) is 7.29. The summed E-state index contributed by atoms with van der Waals surface area (Å²) in [5, 5.41) is 15.1. The van der Waals surface area contributed by atoms with Crippen molar-refractivity contribution in [1.82, 2.24) is 9.78 Å². The summed E-state index contributed by atoms with van der Waals surface area (Å²) >= 11 is 7.08. The Bertz CT molecular complexity index is 808. The number of rotatable bonds is 4. The number of aromatic nitrogens is 2. The monoisotopic (exact) mass is 322 g/mol. The second-order valence-electron chi connectivity index (χ2n) is 4.40. The topological polar surface area (TPSA) is 64.4 Å². The third kappa shape index (κ3) is 2.53. The second kappa shape index (κ2) is 5.48. The number of aromatic carboxylic acids is 1. The summed E-state index contributed by atoms with van der Waals surface area (Å²) < 4.78 is 6.85. The fourth-order valence-electron chi connectivity index (χ4n) is 2.07. The first-order chi connectivity index (χ1) is 10.1. The molecule has 2 heterocycles. The van der Waals surface area contributed by atoms with Crippen molar-refractivity contribution in [3.63, 3.8) is 0 Å². The van der Waals surface area contributed by atoms with E-state index in [4.69, 9.17) is 21.4 Å². The Morgan fingerprint density at radius 3 is 2.76 bits per heavy atom. The number of benzene rings is 1. The van der Waals surface area contributed by atoms with Gasteiger partial charge in [0.2, 0.25) is 0 Å². The van der Waals surface area contributed by atoms with Crippen molar-refractivity contribution in [3.05, 3.63) is 45.9 Å². The highest BCUT2D eigenvalue weighted by atomic mass is 35.5. The van der Waals surface area contributed by atoms with Crippen LogP contribution in [0.4, 0.5) is 0 Å². The molecule has 0 unspecified atom stereocenters. The van der Waals surface area contributed by atoms with Crippen LogP contribution >= 0.6 is 22.9 Å². The van der Waals surface area contributed by atoms with E-state index in [9.17, 15) is 4.79 Å². The van der Waals surface area contributed by atoms with Crippen LogP contribution in [-0.2, 0) is 11.3 Å². The lowest BCUT2D eigenvalue weighted by atomic mass is 10.3. The maximum absolute atomic E-state index is 11.2. The minimum atomic E-state index is -0.942. The third-order valence-electron chi connectivity index (χ3n) is 3.00. The third-order valence-corrected chi connectivity index (χ3v) is 4.35. The van der Waals surface area contributed by atoms with Gasteiger partial charge in [0.15, 0.2) is 0 Å². The normalized spacial score (nSPS) is 11.1. The fraction of sp³-hybridized carbons (Fsp3) is 0.143. The van der Waals surface area contributed by atoms with E-state index in [0.29, 0.717) is 17.3 Å². The summed E-state index contributed by atoms with van der Waals surface area (Å²) in [6, 6.07) is 8.85. The number of carboxylic acid groups (broad SMARTS) is 1. The van der Waals surface area contributed by atoms with Crippen LogP contribution in [0.5, 0.6) is 0 Å². The van der Waals surface area contributed by atoms with E-state index in [1.807, 2.05) is 12.1 Å². The van der Waals surface area contributed by atoms with Gasteiger partial charge in [-0.2, -0.15) is 5.10 Å². The van der Waals surface area contributed by atoms with E-state index in [1.165, 1.54) is 11.3 Å². The Hall–Kier alpha value is -1.89. The predicted octanol–water partition coefficient (Wildman–Crippen LogP) is 3.59. The molecular weight excluding hydrogens is 312 g/mol. The molecule has 0 saturated carbocycles. The van der Waals surface area contributed by atoms with Crippen LogP contribution in [0, 0.1) is 0 Å². The van der Waals surface area contributed by atoms with E-state index < -0.39 is 5.97 Å². The molecule has 5 nitrogen and oxygen atoms in total. The minimum Gasteiger partial charge on any atom is -0.477 e. The van der Waals surface area contributed by atoms with Gasteiger partial charge in [-0.3, -0.25) is 0 Å². The molecule has 1 N–H and O–H groups in total. The molecule has 3 rings (SSSR count). The number of carboxylic acids is 1. The van der Waals surface area contributed by atoms with Crippen LogP contribution in [-0.4, -0.2) is 28.0 Å². The molecule has 0 spiro atoms. The lowest BCUT2D eigenvalue weighted by molar-refractivity contribution is 0.0702. The maximum atomic E-state index is 11.2. The Morgan fingerprint density at radius 2 is 2.14 bits per heavy atom. The molecule has 108 valence electrons. The zero-order chi connectivity index (χ0) is 15.0. The van der Waals surface area contributed by atoms with Crippen LogP contribution < -0.4 is 0 Å². The first kappa shape index (κ1) is 14.1. The number of halogens is 1. The predicted molar refractivity (Wildman–Crippen MR) is 81.6 cm³/mol. The highest BCUT2D eigenvalue weighted by molar-refractivity contribution is 7.20. The summed E-state index contributed by atoms with van der Waals surface area (Å²) in [7, 11) is 1.58. The summed E-state index contributed by atoms with van der Waals surface area (Å²) in [5.41, 5.74) is 1.54. The average molecular weight is 323 g/mol. The summed E-state index contributed by atoms with van der Waals surface area (Å²) in [5.74, 6) is -0.942. The van der Waals surface area contributed by atoms with E-state index in [1.54, 1.807) is 30.0 Å². The zero-order valence-electron chi connectivity index (χ0n) is 11.0. The van der Waals surface area contributed by atoms with Gasteiger partial charge in [0.1, 0.15) is 9.71 Å². The van der Waals surface area contributed by atoms with Crippen molar-refractivity contribution < 1.29 is 14.6 Å². The molecule has 21 heavy (non-hydrogen) atoms. The molecule has 0 aliphatic carbocycles. The zero-order valence-corrected chi connectivity index (χ0v) is 12.6. The molecule has 0 aliphatic rings. The van der Waals surface area contributed by atoms with Crippen molar-refractivity contribution in [3.8, 4) is 5.69 Å². The van der Waals surface area contributed by atoms with Crippen LogP contribution in [0.15, 0.2) is 30.3 Å². The molecule has 0 amide bonds. The van der Waals surface area contributed by atoms with Gasteiger partial charge in [-0.05, 0) is 30.3 Å². The van der Waals surface area contributed by atoms with Gasteiger partial charge in [0.25, 0.3) is 0 Å². The van der Waals surface area contributed by atoms with E-state index >= 15 is 0 Å². The molecule has 0 bridgehead atoms. The van der Waals surface area contributed by atoms with Gasteiger partial charge in [0, 0.05) is 17.5 Å². The summed E-state index contributed by atoms with van der Waals surface area (Å²) in [6.07, 6.45) is 0. The Labute approximate surface area is 129 Å². The number of thiophene rings is 1. The summed E-state index contributed by atoms with van der Waals surface area (Å²) in [4.78, 5) is 12.2. The number of carbonyl (C=O) groups is 1. The van der Waals surface area contributed by atoms with Crippen molar-refractivity contribution in [2.45, 2.75) is 6.61 Å².